The molecule has 0 fully saturated rings. The standard InChI is InChI=1S/C21H24N4O4S/c1-21(2,3)23-19(27)11-12-25(22-14-15-7-6-8-16(26)13-15)20-17-9-4-5-10-18(17)30(28,29)24-20/h4-10,13-14,26H,11-12H2,1-3H3,(H,23,27). The van der Waals surface area contributed by atoms with Gasteiger partial charge in [-0.1, -0.05) is 24.3 Å². The maximum absolute atomic E-state index is 12.4. The normalized spacial score (nSPS) is 15.0. The fourth-order valence-corrected chi connectivity index (χ4v) is 4.13. The molecule has 0 radical (unpaired) electrons. The lowest BCUT2D eigenvalue weighted by Crippen LogP contribution is -2.42. The van der Waals surface area contributed by atoms with Crippen LogP contribution in [0.5, 0.6) is 5.75 Å². The highest BCUT2D eigenvalue weighted by molar-refractivity contribution is 7.90. The van der Waals surface area contributed by atoms with Gasteiger partial charge in [0.05, 0.1) is 12.8 Å². The van der Waals surface area contributed by atoms with E-state index < -0.39 is 10.0 Å². The van der Waals surface area contributed by atoms with Gasteiger partial charge >= 0.3 is 0 Å². The number of amidine groups is 1. The highest BCUT2D eigenvalue weighted by atomic mass is 32.2. The van der Waals surface area contributed by atoms with E-state index in [4.69, 9.17) is 0 Å². The van der Waals surface area contributed by atoms with Crippen molar-refractivity contribution in [1.82, 2.24) is 10.3 Å². The molecule has 1 aliphatic heterocycles. The number of nitrogens with one attached hydrogen (secondary N) is 1. The van der Waals surface area contributed by atoms with E-state index in [1.165, 1.54) is 29.4 Å². The Morgan fingerprint density at radius 3 is 2.63 bits per heavy atom. The van der Waals surface area contributed by atoms with Crippen molar-refractivity contribution >= 4 is 28.0 Å². The van der Waals surface area contributed by atoms with E-state index in [1.807, 2.05) is 20.8 Å². The molecule has 0 unspecified atom stereocenters. The van der Waals surface area contributed by atoms with Gasteiger partial charge in [0.25, 0.3) is 10.0 Å². The van der Waals surface area contributed by atoms with Gasteiger partial charge in [-0.2, -0.15) is 13.5 Å². The molecule has 0 aromatic heterocycles. The number of hydrogen-bond acceptors (Lipinski definition) is 6. The molecule has 9 heteroatoms. The van der Waals surface area contributed by atoms with Crippen LogP contribution in [0.4, 0.5) is 0 Å². The van der Waals surface area contributed by atoms with Crippen LogP contribution in [0.3, 0.4) is 0 Å². The molecule has 30 heavy (non-hydrogen) atoms. The Labute approximate surface area is 176 Å². The molecule has 1 aliphatic rings. The van der Waals surface area contributed by atoms with Gasteiger partial charge in [-0.15, -0.1) is 4.40 Å². The van der Waals surface area contributed by atoms with E-state index in [9.17, 15) is 18.3 Å². The average molecular weight is 429 g/mol. The van der Waals surface area contributed by atoms with Crippen molar-refractivity contribution in [3.05, 3.63) is 59.7 Å². The van der Waals surface area contributed by atoms with E-state index >= 15 is 0 Å². The van der Waals surface area contributed by atoms with Crippen molar-refractivity contribution in [2.24, 2.45) is 9.50 Å². The minimum atomic E-state index is -3.82. The average Bonchev–Trinajstić information content (AvgIpc) is 2.92. The van der Waals surface area contributed by atoms with Gasteiger partial charge in [0, 0.05) is 17.5 Å². The van der Waals surface area contributed by atoms with Crippen molar-refractivity contribution in [2.75, 3.05) is 6.54 Å². The van der Waals surface area contributed by atoms with Crippen molar-refractivity contribution < 1.29 is 18.3 Å². The smallest absolute Gasteiger partial charge is 0.285 e. The van der Waals surface area contributed by atoms with Crippen LogP contribution in [0.15, 0.2) is 62.9 Å². The zero-order chi connectivity index (χ0) is 21.9. The minimum absolute atomic E-state index is 0.0844. The zero-order valence-corrected chi connectivity index (χ0v) is 17.8. The minimum Gasteiger partial charge on any atom is -0.508 e. The molecule has 0 bridgehead atoms. The summed E-state index contributed by atoms with van der Waals surface area (Å²) in [5.41, 5.74) is 0.670. The number of amides is 1. The predicted octanol–water partition coefficient (Wildman–Crippen LogP) is 2.48. The predicted molar refractivity (Wildman–Crippen MR) is 115 cm³/mol. The van der Waals surface area contributed by atoms with E-state index in [1.54, 1.807) is 30.3 Å². The maximum Gasteiger partial charge on any atom is 0.285 e. The van der Waals surface area contributed by atoms with Crippen LogP contribution in [0.1, 0.15) is 38.3 Å². The van der Waals surface area contributed by atoms with Crippen molar-refractivity contribution in [3.63, 3.8) is 0 Å². The van der Waals surface area contributed by atoms with Gasteiger partial charge in [0.15, 0.2) is 5.84 Å². The number of nitrogens with zero attached hydrogens (tertiary/aromatic N) is 3. The molecule has 3 rings (SSSR count). The summed E-state index contributed by atoms with van der Waals surface area (Å²) in [5.74, 6) is 0.0570. The zero-order valence-electron chi connectivity index (χ0n) is 17.0. The van der Waals surface area contributed by atoms with Crippen LogP contribution in [0.25, 0.3) is 0 Å². The Morgan fingerprint density at radius 2 is 1.93 bits per heavy atom. The molecule has 1 heterocycles. The summed E-state index contributed by atoms with van der Waals surface area (Å²) >= 11 is 0. The highest BCUT2D eigenvalue weighted by Crippen LogP contribution is 2.27. The molecule has 0 atom stereocenters. The number of hydrazone groups is 1. The molecular formula is C21H24N4O4S. The highest BCUT2D eigenvalue weighted by Gasteiger charge is 2.32. The number of hydrogen-bond donors (Lipinski definition) is 2. The molecule has 0 saturated heterocycles. The van der Waals surface area contributed by atoms with Crippen LogP contribution < -0.4 is 5.32 Å². The van der Waals surface area contributed by atoms with Crippen LogP contribution in [0.2, 0.25) is 0 Å². The Balaban J connectivity index is 1.91. The third-order valence-corrected chi connectivity index (χ3v) is 5.46. The number of carbonyl (C=O) groups is 1. The van der Waals surface area contributed by atoms with Crippen molar-refractivity contribution in [2.45, 2.75) is 37.6 Å². The molecular weight excluding hydrogens is 404 g/mol. The summed E-state index contributed by atoms with van der Waals surface area (Å²) in [6, 6.07) is 13.0. The lowest BCUT2D eigenvalue weighted by molar-refractivity contribution is -0.122. The van der Waals surface area contributed by atoms with Gasteiger partial charge in [0.1, 0.15) is 10.6 Å². The second-order valence-electron chi connectivity index (χ2n) is 7.90. The van der Waals surface area contributed by atoms with Gasteiger partial charge in [0.2, 0.25) is 5.91 Å². The van der Waals surface area contributed by atoms with Crippen LogP contribution >= 0.6 is 0 Å². The summed E-state index contributed by atoms with van der Waals surface area (Å²) in [6.07, 6.45) is 1.58. The van der Waals surface area contributed by atoms with E-state index in [0.717, 1.165) is 0 Å². The summed E-state index contributed by atoms with van der Waals surface area (Å²) in [5, 5.41) is 18.3. The summed E-state index contributed by atoms with van der Waals surface area (Å²) in [4.78, 5) is 12.4. The van der Waals surface area contributed by atoms with E-state index in [2.05, 4.69) is 14.8 Å². The Kier molecular flexibility index (Phi) is 5.93. The maximum atomic E-state index is 12.4. The molecule has 0 aliphatic carbocycles. The number of phenols is 1. The molecule has 0 saturated carbocycles. The first-order chi connectivity index (χ1) is 14.0. The number of carbonyl (C=O) groups excluding carboxylic acids is 1. The number of benzene rings is 2. The van der Waals surface area contributed by atoms with Crippen LogP contribution in [-0.4, -0.2) is 48.6 Å². The third-order valence-electron chi connectivity index (χ3n) is 4.14. The molecule has 0 spiro atoms. The molecule has 2 aromatic rings. The topological polar surface area (TPSA) is 111 Å². The number of rotatable bonds is 5. The number of fused-ring (bicyclic) bond motifs is 1. The Morgan fingerprint density at radius 1 is 1.20 bits per heavy atom. The molecule has 8 nitrogen and oxygen atoms in total. The number of sulfonamides is 1. The monoisotopic (exact) mass is 428 g/mol. The van der Waals surface area contributed by atoms with Gasteiger partial charge < -0.3 is 10.4 Å². The lowest BCUT2D eigenvalue weighted by atomic mass is 10.1. The second kappa shape index (κ2) is 8.27. The van der Waals surface area contributed by atoms with Gasteiger partial charge in [-0.05, 0) is 50.6 Å². The largest absolute Gasteiger partial charge is 0.508 e. The fraction of sp³-hybridized carbons (Fsp3) is 0.286. The quantitative estimate of drug-likeness (QED) is 0.561. The number of phenolic OH excluding ortho intramolecular Hbond substituents is 1. The lowest BCUT2D eigenvalue weighted by Gasteiger charge is -2.22. The van der Waals surface area contributed by atoms with Gasteiger partial charge in [-0.3, -0.25) is 4.79 Å². The van der Waals surface area contributed by atoms with Crippen LogP contribution in [0, 0.1) is 0 Å². The third kappa shape index (κ3) is 5.24. The van der Waals surface area contributed by atoms with Crippen molar-refractivity contribution in [1.29, 1.82) is 0 Å². The first-order valence-electron chi connectivity index (χ1n) is 9.41. The number of aromatic hydroxyl groups is 1. The first kappa shape index (κ1) is 21.5. The van der Waals surface area contributed by atoms with E-state index in [0.29, 0.717) is 11.1 Å². The fourth-order valence-electron chi connectivity index (χ4n) is 2.92. The first-order valence-corrected chi connectivity index (χ1v) is 10.9. The summed E-state index contributed by atoms with van der Waals surface area (Å²) in [6.45, 7) is 5.77. The Bertz CT molecular complexity index is 1120. The summed E-state index contributed by atoms with van der Waals surface area (Å²) in [7, 11) is -3.82. The second-order valence-corrected chi connectivity index (χ2v) is 9.47. The summed E-state index contributed by atoms with van der Waals surface area (Å²) < 4.78 is 28.8. The molecule has 2 aromatic carbocycles. The SMILES string of the molecule is CC(C)(C)NC(=O)CCN(N=Cc1cccc(O)c1)C1=NS(=O)(=O)c2ccccc21. The molecule has 2 N–H and O–H groups in total. The Hall–Kier alpha value is -3.20. The van der Waals surface area contributed by atoms with Gasteiger partial charge in [-0.25, -0.2) is 5.01 Å². The van der Waals surface area contributed by atoms with E-state index in [-0.39, 0.29) is 40.9 Å². The molecule has 158 valence electrons. The van der Waals surface area contributed by atoms with Crippen molar-refractivity contribution in [3.8, 4) is 5.75 Å². The molecule has 1 amide bonds. The van der Waals surface area contributed by atoms with Crippen LogP contribution in [-0.2, 0) is 14.8 Å².